The van der Waals surface area contributed by atoms with Crippen molar-refractivity contribution in [1.82, 2.24) is 5.32 Å². The first-order valence-corrected chi connectivity index (χ1v) is 7.56. The summed E-state index contributed by atoms with van der Waals surface area (Å²) in [6, 6.07) is 4.46. The second-order valence-corrected chi connectivity index (χ2v) is 6.21. The van der Waals surface area contributed by atoms with Crippen molar-refractivity contribution in [3.8, 4) is 0 Å². The SMILES string of the molecule is CNC(c1ccc(F)c(F)c1Br)c1sccc1Br. The van der Waals surface area contributed by atoms with Crippen molar-refractivity contribution >= 4 is 43.2 Å². The molecule has 1 nitrogen and oxygen atoms in total. The van der Waals surface area contributed by atoms with Gasteiger partial charge in [0.05, 0.1) is 10.5 Å². The highest BCUT2D eigenvalue weighted by atomic mass is 79.9. The third-order valence-electron chi connectivity index (χ3n) is 2.57. The number of hydrogen-bond acceptors (Lipinski definition) is 2. The van der Waals surface area contributed by atoms with Crippen LogP contribution in [-0.2, 0) is 0 Å². The van der Waals surface area contributed by atoms with Crippen LogP contribution in [0.3, 0.4) is 0 Å². The molecule has 0 aliphatic rings. The van der Waals surface area contributed by atoms with Crippen LogP contribution < -0.4 is 5.32 Å². The molecule has 1 N–H and O–H groups in total. The summed E-state index contributed by atoms with van der Waals surface area (Å²) in [7, 11) is 1.78. The number of rotatable bonds is 3. The number of benzene rings is 1. The molecule has 1 aromatic heterocycles. The van der Waals surface area contributed by atoms with Crippen LogP contribution in [0.2, 0.25) is 0 Å². The van der Waals surface area contributed by atoms with E-state index in [1.165, 1.54) is 0 Å². The lowest BCUT2D eigenvalue weighted by atomic mass is 10.1. The maximum Gasteiger partial charge on any atom is 0.173 e. The Hall–Kier alpha value is -0.300. The average Bonchev–Trinajstić information content (AvgIpc) is 2.77. The zero-order valence-electron chi connectivity index (χ0n) is 9.31. The number of nitrogens with one attached hydrogen (secondary N) is 1. The molecular formula is C12H9Br2F2NS. The predicted molar refractivity (Wildman–Crippen MR) is 77.0 cm³/mol. The highest BCUT2D eigenvalue weighted by Crippen LogP contribution is 2.37. The Balaban J connectivity index is 2.53. The molecule has 1 atom stereocenters. The predicted octanol–water partition coefficient (Wildman–Crippen LogP) is 4.86. The first-order valence-electron chi connectivity index (χ1n) is 5.09. The van der Waals surface area contributed by atoms with Crippen LogP contribution in [0.15, 0.2) is 32.5 Å². The maximum atomic E-state index is 13.6. The normalized spacial score (nSPS) is 12.7. The molecule has 2 aromatic rings. The Bertz CT molecular complexity index is 571. The van der Waals surface area contributed by atoms with Gasteiger partial charge in [0.25, 0.3) is 0 Å². The summed E-state index contributed by atoms with van der Waals surface area (Å²) in [6.45, 7) is 0. The van der Waals surface area contributed by atoms with Gasteiger partial charge in [-0.1, -0.05) is 6.07 Å². The fourth-order valence-electron chi connectivity index (χ4n) is 1.70. The Morgan fingerprint density at radius 3 is 2.50 bits per heavy atom. The maximum absolute atomic E-state index is 13.6. The molecule has 1 unspecified atom stereocenters. The van der Waals surface area contributed by atoms with Gasteiger partial charge in [-0.15, -0.1) is 11.3 Å². The molecule has 0 fully saturated rings. The minimum absolute atomic E-state index is 0.155. The fraction of sp³-hybridized carbons (Fsp3) is 0.167. The Labute approximate surface area is 124 Å². The third-order valence-corrected chi connectivity index (χ3v) is 5.31. The molecule has 0 aliphatic heterocycles. The summed E-state index contributed by atoms with van der Waals surface area (Å²) in [5.41, 5.74) is 0.666. The van der Waals surface area contributed by atoms with Crippen molar-refractivity contribution in [3.63, 3.8) is 0 Å². The molecule has 0 saturated heterocycles. The molecular weight excluding hydrogens is 388 g/mol. The summed E-state index contributed by atoms with van der Waals surface area (Å²) in [6.07, 6.45) is 0. The van der Waals surface area contributed by atoms with E-state index in [2.05, 4.69) is 37.2 Å². The molecule has 18 heavy (non-hydrogen) atoms. The second-order valence-electron chi connectivity index (χ2n) is 3.62. The highest BCUT2D eigenvalue weighted by Gasteiger charge is 2.21. The number of halogens is 4. The molecule has 0 aliphatic carbocycles. The Morgan fingerprint density at radius 2 is 1.94 bits per heavy atom. The first kappa shape index (κ1) is 14.1. The van der Waals surface area contributed by atoms with Crippen LogP contribution in [0, 0.1) is 11.6 Å². The summed E-state index contributed by atoms with van der Waals surface area (Å²) in [5, 5.41) is 5.05. The molecule has 0 saturated carbocycles. The van der Waals surface area contributed by atoms with Gasteiger partial charge in [-0.3, -0.25) is 0 Å². The lowest BCUT2D eigenvalue weighted by molar-refractivity contribution is 0.500. The molecule has 1 heterocycles. The third kappa shape index (κ3) is 2.52. The van der Waals surface area contributed by atoms with E-state index in [-0.39, 0.29) is 10.5 Å². The van der Waals surface area contributed by atoms with Crippen LogP contribution >= 0.6 is 43.2 Å². The summed E-state index contributed by atoms with van der Waals surface area (Å²) in [4.78, 5) is 1.02. The van der Waals surface area contributed by atoms with Crippen LogP contribution in [-0.4, -0.2) is 7.05 Å². The first-order chi connectivity index (χ1) is 8.56. The van der Waals surface area contributed by atoms with Crippen molar-refractivity contribution in [2.24, 2.45) is 0 Å². The van der Waals surface area contributed by atoms with Gasteiger partial charge in [0.15, 0.2) is 11.6 Å². The molecule has 1 aromatic carbocycles. The van der Waals surface area contributed by atoms with Gasteiger partial charge in [0, 0.05) is 9.35 Å². The highest BCUT2D eigenvalue weighted by molar-refractivity contribution is 9.10. The van der Waals surface area contributed by atoms with Gasteiger partial charge in [-0.05, 0) is 62.0 Å². The van der Waals surface area contributed by atoms with Gasteiger partial charge >= 0.3 is 0 Å². The van der Waals surface area contributed by atoms with Crippen molar-refractivity contribution in [2.45, 2.75) is 6.04 Å². The van der Waals surface area contributed by atoms with Crippen molar-refractivity contribution in [1.29, 1.82) is 0 Å². The molecule has 6 heteroatoms. The van der Waals surface area contributed by atoms with Gasteiger partial charge in [0.1, 0.15) is 0 Å². The van der Waals surface area contributed by atoms with Crippen LogP contribution in [0.4, 0.5) is 8.78 Å². The molecule has 0 amide bonds. The van der Waals surface area contributed by atoms with Gasteiger partial charge in [-0.2, -0.15) is 0 Å². The van der Waals surface area contributed by atoms with E-state index in [9.17, 15) is 8.78 Å². The zero-order valence-corrected chi connectivity index (χ0v) is 13.3. The monoisotopic (exact) mass is 395 g/mol. The minimum atomic E-state index is -0.861. The summed E-state index contributed by atoms with van der Waals surface area (Å²) in [5.74, 6) is -1.72. The Morgan fingerprint density at radius 1 is 1.22 bits per heavy atom. The largest absolute Gasteiger partial charge is 0.309 e. The van der Waals surface area contributed by atoms with Crippen molar-refractivity contribution in [2.75, 3.05) is 7.05 Å². The van der Waals surface area contributed by atoms with Gasteiger partial charge < -0.3 is 5.32 Å². The summed E-state index contributed by atoms with van der Waals surface area (Å²) >= 11 is 8.12. The Kier molecular flexibility index (Phi) is 4.53. The van der Waals surface area contributed by atoms with E-state index < -0.39 is 11.6 Å². The van der Waals surface area contributed by atoms with Crippen LogP contribution in [0.1, 0.15) is 16.5 Å². The lowest BCUT2D eigenvalue weighted by Crippen LogP contribution is -2.18. The zero-order chi connectivity index (χ0) is 13.3. The van der Waals surface area contributed by atoms with E-state index in [0.29, 0.717) is 5.56 Å². The number of thiophene rings is 1. The minimum Gasteiger partial charge on any atom is -0.309 e. The van der Waals surface area contributed by atoms with Gasteiger partial charge in [-0.25, -0.2) is 8.78 Å². The molecule has 0 bridgehead atoms. The molecule has 0 radical (unpaired) electrons. The van der Waals surface area contributed by atoms with Crippen LogP contribution in [0.5, 0.6) is 0 Å². The van der Waals surface area contributed by atoms with E-state index in [1.807, 2.05) is 11.4 Å². The van der Waals surface area contributed by atoms with E-state index in [0.717, 1.165) is 15.4 Å². The van der Waals surface area contributed by atoms with E-state index >= 15 is 0 Å². The van der Waals surface area contributed by atoms with E-state index in [1.54, 1.807) is 24.5 Å². The van der Waals surface area contributed by atoms with Gasteiger partial charge in [0.2, 0.25) is 0 Å². The topological polar surface area (TPSA) is 12.0 Å². The lowest BCUT2D eigenvalue weighted by Gasteiger charge is -2.18. The van der Waals surface area contributed by atoms with Crippen molar-refractivity contribution < 1.29 is 8.78 Å². The quantitative estimate of drug-likeness (QED) is 0.730. The average molecular weight is 397 g/mol. The van der Waals surface area contributed by atoms with E-state index in [4.69, 9.17) is 0 Å². The fourth-order valence-corrected chi connectivity index (χ4v) is 3.98. The standard InChI is InChI=1S/C12H9Br2F2NS/c1-17-11(12-7(13)4-5-18-12)6-2-3-8(15)10(16)9(6)14/h2-5,11,17H,1H3. The molecule has 0 spiro atoms. The second kappa shape index (κ2) is 5.77. The number of hydrogen-bond donors (Lipinski definition) is 1. The van der Waals surface area contributed by atoms with Crippen LogP contribution in [0.25, 0.3) is 0 Å². The molecule has 96 valence electrons. The molecule has 2 rings (SSSR count). The smallest absolute Gasteiger partial charge is 0.173 e. The van der Waals surface area contributed by atoms with Crippen molar-refractivity contribution in [3.05, 3.63) is 54.6 Å². The summed E-state index contributed by atoms with van der Waals surface area (Å²) < 4.78 is 27.8.